The van der Waals surface area contributed by atoms with Gasteiger partial charge in [0.25, 0.3) is 0 Å². The third-order valence-electron chi connectivity index (χ3n) is 2.83. The summed E-state index contributed by atoms with van der Waals surface area (Å²) in [6.45, 7) is 0.284. The Bertz CT molecular complexity index is 337. The van der Waals surface area contributed by atoms with Gasteiger partial charge >= 0.3 is 0 Å². The summed E-state index contributed by atoms with van der Waals surface area (Å²) in [5.74, 6) is 1.12. The van der Waals surface area contributed by atoms with Gasteiger partial charge < -0.3 is 10.4 Å². The molecule has 1 heterocycles. The number of anilines is 1. The molecule has 2 fully saturated rings. The average Bonchev–Trinajstić information content (AvgIpc) is 3.07. The number of aliphatic hydroxyl groups excluding tert-OH is 1. The number of hydrogen-bond donors (Lipinski definition) is 2. The van der Waals surface area contributed by atoms with Crippen molar-refractivity contribution in [1.29, 1.82) is 0 Å². The highest BCUT2D eigenvalue weighted by molar-refractivity contribution is 7.15. The van der Waals surface area contributed by atoms with E-state index in [9.17, 15) is 0 Å². The summed E-state index contributed by atoms with van der Waals surface area (Å²) in [7, 11) is 0. The number of aromatic nitrogens is 2. The molecule has 0 amide bonds. The lowest BCUT2D eigenvalue weighted by Gasteiger charge is -1.97. The summed E-state index contributed by atoms with van der Waals surface area (Å²) in [5, 5.41) is 22.5. The van der Waals surface area contributed by atoms with Crippen molar-refractivity contribution in [3.05, 3.63) is 5.01 Å². The molecule has 0 saturated heterocycles. The summed E-state index contributed by atoms with van der Waals surface area (Å²) in [5.41, 5.74) is 0. The fraction of sp³-hybridized carbons (Fsp3) is 0.778. The standard InChI is InChI=1S/C9H13N3OS/c13-4-6-3-7(6)10-9-12-11-8(14-9)5-1-2-5/h5-7,13H,1-4H2,(H,10,12)/t6-,7+/m0/s1. The first-order chi connectivity index (χ1) is 6.86. The molecule has 76 valence electrons. The molecule has 0 unspecified atom stereocenters. The molecule has 1 aromatic heterocycles. The van der Waals surface area contributed by atoms with Gasteiger partial charge in [-0.05, 0) is 19.3 Å². The minimum atomic E-state index is 0.284. The Morgan fingerprint density at radius 3 is 2.93 bits per heavy atom. The van der Waals surface area contributed by atoms with Gasteiger partial charge in [0, 0.05) is 24.5 Å². The molecule has 14 heavy (non-hydrogen) atoms. The van der Waals surface area contributed by atoms with E-state index in [4.69, 9.17) is 5.11 Å². The lowest BCUT2D eigenvalue weighted by Crippen LogP contribution is -2.05. The van der Waals surface area contributed by atoms with Gasteiger partial charge in [0.05, 0.1) is 0 Å². The third-order valence-corrected chi connectivity index (χ3v) is 3.85. The first kappa shape index (κ1) is 8.61. The van der Waals surface area contributed by atoms with Crippen molar-refractivity contribution in [2.45, 2.75) is 31.2 Å². The molecule has 0 aromatic carbocycles. The molecule has 2 N–H and O–H groups in total. The molecule has 2 aliphatic rings. The SMILES string of the molecule is OC[C@@H]1C[C@H]1Nc1nnc(C2CC2)s1. The smallest absolute Gasteiger partial charge is 0.205 e. The van der Waals surface area contributed by atoms with E-state index < -0.39 is 0 Å². The number of aliphatic hydroxyl groups is 1. The topological polar surface area (TPSA) is 58.0 Å². The van der Waals surface area contributed by atoms with E-state index in [1.165, 1.54) is 17.8 Å². The van der Waals surface area contributed by atoms with Gasteiger partial charge in [-0.2, -0.15) is 0 Å². The molecule has 0 spiro atoms. The van der Waals surface area contributed by atoms with Crippen LogP contribution >= 0.6 is 11.3 Å². The Kier molecular flexibility index (Phi) is 1.95. The second kappa shape index (κ2) is 3.17. The van der Waals surface area contributed by atoms with E-state index in [2.05, 4.69) is 15.5 Å². The Labute approximate surface area is 86.4 Å². The Balaban J connectivity index is 1.60. The van der Waals surface area contributed by atoms with Gasteiger partial charge in [0.2, 0.25) is 5.13 Å². The molecule has 0 radical (unpaired) electrons. The second-order valence-corrected chi connectivity index (χ2v) is 5.16. The largest absolute Gasteiger partial charge is 0.396 e. The van der Waals surface area contributed by atoms with Crippen LogP contribution in [0.1, 0.15) is 30.2 Å². The maximum absolute atomic E-state index is 8.89. The highest BCUT2D eigenvalue weighted by Crippen LogP contribution is 2.43. The highest BCUT2D eigenvalue weighted by Gasteiger charge is 2.37. The van der Waals surface area contributed by atoms with Crippen LogP contribution in [0.15, 0.2) is 0 Å². The van der Waals surface area contributed by atoms with E-state index in [0.717, 1.165) is 11.6 Å². The predicted octanol–water partition coefficient (Wildman–Crippen LogP) is 1.21. The molecule has 2 saturated carbocycles. The monoisotopic (exact) mass is 211 g/mol. The molecule has 0 bridgehead atoms. The Hall–Kier alpha value is -0.680. The van der Waals surface area contributed by atoms with Gasteiger partial charge in [-0.1, -0.05) is 11.3 Å². The van der Waals surface area contributed by atoms with Gasteiger partial charge in [0.1, 0.15) is 5.01 Å². The first-order valence-corrected chi connectivity index (χ1v) is 5.89. The summed E-state index contributed by atoms with van der Waals surface area (Å²) >= 11 is 1.67. The highest BCUT2D eigenvalue weighted by atomic mass is 32.1. The van der Waals surface area contributed by atoms with E-state index in [1.807, 2.05) is 0 Å². The third kappa shape index (κ3) is 1.62. The summed E-state index contributed by atoms with van der Waals surface area (Å²) in [4.78, 5) is 0. The van der Waals surface area contributed by atoms with Crippen molar-refractivity contribution in [2.24, 2.45) is 5.92 Å². The van der Waals surface area contributed by atoms with Crippen LogP contribution in [0.4, 0.5) is 5.13 Å². The van der Waals surface area contributed by atoms with Crippen LogP contribution in [0, 0.1) is 5.92 Å². The van der Waals surface area contributed by atoms with E-state index >= 15 is 0 Å². The van der Waals surface area contributed by atoms with Crippen LogP contribution in [0.25, 0.3) is 0 Å². The maximum Gasteiger partial charge on any atom is 0.205 e. The van der Waals surface area contributed by atoms with Crippen molar-refractivity contribution in [2.75, 3.05) is 11.9 Å². The minimum Gasteiger partial charge on any atom is -0.396 e. The molecular formula is C9H13N3OS. The lowest BCUT2D eigenvalue weighted by molar-refractivity contribution is 0.275. The summed E-state index contributed by atoms with van der Waals surface area (Å²) in [6, 6.07) is 0.431. The van der Waals surface area contributed by atoms with E-state index in [-0.39, 0.29) is 6.61 Å². The molecular weight excluding hydrogens is 198 g/mol. The quantitative estimate of drug-likeness (QED) is 0.786. The average molecular weight is 211 g/mol. The van der Waals surface area contributed by atoms with Crippen LogP contribution in [0.3, 0.4) is 0 Å². The number of hydrogen-bond acceptors (Lipinski definition) is 5. The molecule has 3 rings (SSSR count). The molecule has 2 aliphatic carbocycles. The molecule has 2 atom stereocenters. The predicted molar refractivity (Wildman–Crippen MR) is 54.5 cm³/mol. The molecule has 1 aromatic rings. The van der Waals surface area contributed by atoms with E-state index in [1.54, 1.807) is 11.3 Å². The van der Waals surface area contributed by atoms with Crippen LogP contribution in [0.2, 0.25) is 0 Å². The Morgan fingerprint density at radius 1 is 1.43 bits per heavy atom. The zero-order valence-corrected chi connectivity index (χ0v) is 8.63. The zero-order chi connectivity index (χ0) is 9.54. The first-order valence-electron chi connectivity index (χ1n) is 5.07. The number of nitrogens with zero attached hydrogens (tertiary/aromatic N) is 2. The maximum atomic E-state index is 8.89. The van der Waals surface area contributed by atoms with Crippen molar-refractivity contribution >= 4 is 16.5 Å². The van der Waals surface area contributed by atoms with Gasteiger partial charge in [-0.25, -0.2) is 0 Å². The minimum absolute atomic E-state index is 0.284. The number of nitrogens with one attached hydrogen (secondary N) is 1. The van der Waals surface area contributed by atoms with Crippen molar-refractivity contribution in [3.63, 3.8) is 0 Å². The Morgan fingerprint density at radius 2 is 2.29 bits per heavy atom. The van der Waals surface area contributed by atoms with Crippen LogP contribution in [-0.4, -0.2) is 28.0 Å². The zero-order valence-electron chi connectivity index (χ0n) is 7.81. The fourth-order valence-electron chi connectivity index (χ4n) is 1.57. The fourth-order valence-corrected chi connectivity index (χ4v) is 2.55. The van der Waals surface area contributed by atoms with Crippen LogP contribution in [-0.2, 0) is 0 Å². The summed E-state index contributed by atoms with van der Waals surface area (Å²) < 4.78 is 0. The van der Waals surface area contributed by atoms with E-state index in [0.29, 0.717) is 17.9 Å². The van der Waals surface area contributed by atoms with Gasteiger partial charge in [0.15, 0.2) is 0 Å². The molecule has 0 aliphatic heterocycles. The van der Waals surface area contributed by atoms with Gasteiger partial charge in [-0.3, -0.25) is 0 Å². The molecule has 5 heteroatoms. The normalized spacial score (nSPS) is 30.4. The van der Waals surface area contributed by atoms with Crippen molar-refractivity contribution in [3.8, 4) is 0 Å². The van der Waals surface area contributed by atoms with Crippen molar-refractivity contribution in [1.82, 2.24) is 10.2 Å². The summed E-state index contributed by atoms with van der Waals surface area (Å²) in [6.07, 6.45) is 3.61. The van der Waals surface area contributed by atoms with Crippen LogP contribution < -0.4 is 5.32 Å². The van der Waals surface area contributed by atoms with Gasteiger partial charge in [-0.15, -0.1) is 10.2 Å². The van der Waals surface area contributed by atoms with Crippen molar-refractivity contribution < 1.29 is 5.11 Å². The number of rotatable bonds is 4. The lowest BCUT2D eigenvalue weighted by atomic mass is 10.4. The second-order valence-electron chi connectivity index (χ2n) is 4.15. The van der Waals surface area contributed by atoms with Crippen LogP contribution in [0.5, 0.6) is 0 Å². The molecule has 4 nitrogen and oxygen atoms in total.